The highest BCUT2D eigenvalue weighted by molar-refractivity contribution is 5.33. The second-order valence-electron chi connectivity index (χ2n) is 4.97. The maximum Gasteiger partial charge on any atom is 0.0339 e. The van der Waals surface area contributed by atoms with Crippen molar-refractivity contribution >= 4 is 0 Å². The average molecular weight is 240 g/mol. The standard InChI is InChI=1S/C16H20N2/c1-11-4-5-12(2)14(8-11)9-16(17)15-6-7-18-10-13(15)3/h4-8,10,16H,9,17H2,1-3H3. The first-order valence-electron chi connectivity index (χ1n) is 6.30. The summed E-state index contributed by atoms with van der Waals surface area (Å²) in [5.41, 5.74) is 12.6. The van der Waals surface area contributed by atoms with Crippen molar-refractivity contribution in [2.45, 2.75) is 33.2 Å². The molecule has 2 N–H and O–H groups in total. The SMILES string of the molecule is Cc1ccc(C)c(CC(N)c2ccncc2C)c1. The van der Waals surface area contributed by atoms with E-state index >= 15 is 0 Å². The summed E-state index contributed by atoms with van der Waals surface area (Å²) in [5, 5.41) is 0. The van der Waals surface area contributed by atoms with Crippen LogP contribution in [0.4, 0.5) is 0 Å². The number of benzene rings is 1. The Labute approximate surface area is 109 Å². The zero-order valence-electron chi connectivity index (χ0n) is 11.3. The van der Waals surface area contributed by atoms with Crippen molar-refractivity contribution in [3.63, 3.8) is 0 Å². The van der Waals surface area contributed by atoms with E-state index < -0.39 is 0 Å². The van der Waals surface area contributed by atoms with Crippen molar-refractivity contribution in [3.05, 3.63) is 64.5 Å². The van der Waals surface area contributed by atoms with Crippen LogP contribution in [0.2, 0.25) is 0 Å². The van der Waals surface area contributed by atoms with Gasteiger partial charge in [0.1, 0.15) is 0 Å². The van der Waals surface area contributed by atoms with E-state index in [9.17, 15) is 0 Å². The van der Waals surface area contributed by atoms with Gasteiger partial charge in [-0.3, -0.25) is 4.98 Å². The van der Waals surface area contributed by atoms with Crippen molar-refractivity contribution in [2.75, 3.05) is 0 Å². The molecule has 1 unspecified atom stereocenters. The molecule has 1 atom stereocenters. The molecule has 0 fully saturated rings. The molecule has 1 aromatic carbocycles. The molecular weight excluding hydrogens is 220 g/mol. The first-order valence-corrected chi connectivity index (χ1v) is 6.30. The normalized spacial score (nSPS) is 12.4. The van der Waals surface area contributed by atoms with E-state index in [1.807, 2.05) is 18.5 Å². The lowest BCUT2D eigenvalue weighted by Gasteiger charge is -2.16. The Morgan fingerprint density at radius 3 is 2.61 bits per heavy atom. The highest BCUT2D eigenvalue weighted by Gasteiger charge is 2.11. The quantitative estimate of drug-likeness (QED) is 0.894. The van der Waals surface area contributed by atoms with Crippen molar-refractivity contribution in [1.29, 1.82) is 0 Å². The van der Waals surface area contributed by atoms with Gasteiger partial charge in [-0.25, -0.2) is 0 Å². The molecule has 0 aliphatic carbocycles. The maximum atomic E-state index is 6.32. The summed E-state index contributed by atoms with van der Waals surface area (Å²) >= 11 is 0. The fraction of sp³-hybridized carbons (Fsp3) is 0.312. The zero-order valence-corrected chi connectivity index (χ0v) is 11.3. The number of hydrogen-bond donors (Lipinski definition) is 1. The molecule has 0 spiro atoms. The van der Waals surface area contributed by atoms with Gasteiger partial charge >= 0.3 is 0 Å². The van der Waals surface area contributed by atoms with Crippen LogP contribution in [-0.4, -0.2) is 4.98 Å². The van der Waals surface area contributed by atoms with Crippen LogP contribution in [0.15, 0.2) is 36.7 Å². The van der Waals surface area contributed by atoms with E-state index in [1.165, 1.54) is 22.3 Å². The highest BCUT2D eigenvalue weighted by atomic mass is 14.7. The Hall–Kier alpha value is -1.67. The molecule has 18 heavy (non-hydrogen) atoms. The predicted octanol–water partition coefficient (Wildman–Crippen LogP) is 3.25. The first-order chi connectivity index (χ1) is 8.58. The third-order valence-corrected chi connectivity index (χ3v) is 3.41. The summed E-state index contributed by atoms with van der Waals surface area (Å²) in [6.07, 6.45) is 4.56. The lowest BCUT2D eigenvalue weighted by atomic mass is 9.94. The molecule has 0 aliphatic heterocycles. The third-order valence-electron chi connectivity index (χ3n) is 3.41. The summed E-state index contributed by atoms with van der Waals surface area (Å²) in [5.74, 6) is 0. The smallest absolute Gasteiger partial charge is 0.0339 e. The van der Waals surface area contributed by atoms with Crippen LogP contribution in [0.5, 0.6) is 0 Å². The molecule has 0 radical (unpaired) electrons. The second kappa shape index (κ2) is 5.32. The highest BCUT2D eigenvalue weighted by Crippen LogP contribution is 2.21. The van der Waals surface area contributed by atoms with Crippen LogP contribution in [0.1, 0.15) is 33.9 Å². The van der Waals surface area contributed by atoms with Gasteiger partial charge in [0.05, 0.1) is 0 Å². The van der Waals surface area contributed by atoms with Crippen molar-refractivity contribution in [2.24, 2.45) is 5.73 Å². The second-order valence-corrected chi connectivity index (χ2v) is 4.97. The summed E-state index contributed by atoms with van der Waals surface area (Å²) in [6.45, 7) is 6.32. The minimum Gasteiger partial charge on any atom is -0.324 e. The summed E-state index contributed by atoms with van der Waals surface area (Å²) in [4.78, 5) is 4.11. The predicted molar refractivity (Wildman–Crippen MR) is 75.5 cm³/mol. The molecule has 94 valence electrons. The number of rotatable bonds is 3. The number of aryl methyl sites for hydroxylation is 3. The number of aromatic nitrogens is 1. The minimum atomic E-state index is 0.0356. The Morgan fingerprint density at radius 1 is 1.11 bits per heavy atom. The van der Waals surface area contributed by atoms with E-state index in [-0.39, 0.29) is 6.04 Å². The van der Waals surface area contributed by atoms with Crippen LogP contribution in [0.25, 0.3) is 0 Å². The molecule has 1 aromatic heterocycles. The van der Waals surface area contributed by atoms with Crippen LogP contribution in [0, 0.1) is 20.8 Å². The molecule has 0 saturated carbocycles. The van der Waals surface area contributed by atoms with Gasteiger partial charge in [-0.2, -0.15) is 0 Å². The van der Waals surface area contributed by atoms with E-state index in [2.05, 4.69) is 44.0 Å². The van der Waals surface area contributed by atoms with E-state index in [1.54, 1.807) is 0 Å². The van der Waals surface area contributed by atoms with Gasteiger partial charge in [-0.05, 0) is 55.5 Å². The van der Waals surface area contributed by atoms with E-state index in [0.29, 0.717) is 0 Å². The lowest BCUT2D eigenvalue weighted by Crippen LogP contribution is -2.15. The first kappa shape index (κ1) is 12.8. The van der Waals surface area contributed by atoms with Crippen LogP contribution in [0.3, 0.4) is 0 Å². The molecular formula is C16H20N2. The fourth-order valence-electron chi connectivity index (χ4n) is 2.27. The number of nitrogens with zero attached hydrogens (tertiary/aromatic N) is 1. The topological polar surface area (TPSA) is 38.9 Å². The minimum absolute atomic E-state index is 0.0356. The summed E-state index contributed by atoms with van der Waals surface area (Å²) in [7, 11) is 0. The number of nitrogens with two attached hydrogens (primary N) is 1. The van der Waals surface area contributed by atoms with Crippen molar-refractivity contribution in [1.82, 2.24) is 4.98 Å². The van der Waals surface area contributed by atoms with Gasteiger partial charge in [-0.15, -0.1) is 0 Å². The Kier molecular flexibility index (Phi) is 3.78. The molecule has 0 saturated heterocycles. The van der Waals surface area contributed by atoms with Gasteiger partial charge in [0, 0.05) is 18.4 Å². The summed E-state index contributed by atoms with van der Waals surface area (Å²) < 4.78 is 0. The monoisotopic (exact) mass is 240 g/mol. The molecule has 2 aromatic rings. The Bertz CT molecular complexity index is 547. The Morgan fingerprint density at radius 2 is 1.89 bits per heavy atom. The number of hydrogen-bond acceptors (Lipinski definition) is 2. The van der Waals surface area contributed by atoms with Gasteiger partial charge in [-0.1, -0.05) is 23.8 Å². The van der Waals surface area contributed by atoms with Crippen LogP contribution in [-0.2, 0) is 6.42 Å². The van der Waals surface area contributed by atoms with Crippen molar-refractivity contribution in [3.8, 4) is 0 Å². The summed E-state index contributed by atoms with van der Waals surface area (Å²) in [6, 6.07) is 8.59. The Balaban J connectivity index is 2.24. The molecule has 2 heteroatoms. The molecule has 0 bridgehead atoms. The van der Waals surface area contributed by atoms with Crippen molar-refractivity contribution < 1.29 is 0 Å². The lowest BCUT2D eigenvalue weighted by molar-refractivity contribution is 0.711. The average Bonchev–Trinajstić information content (AvgIpc) is 2.34. The zero-order chi connectivity index (χ0) is 13.1. The van der Waals surface area contributed by atoms with Gasteiger partial charge in [0.25, 0.3) is 0 Å². The molecule has 0 amide bonds. The molecule has 0 aliphatic rings. The van der Waals surface area contributed by atoms with Gasteiger partial charge < -0.3 is 5.73 Å². The molecule has 2 nitrogen and oxygen atoms in total. The van der Waals surface area contributed by atoms with Crippen LogP contribution < -0.4 is 5.73 Å². The largest absolute Gasteiger partial charge is 0.324 e. The van der Waals surface area contributed by atoms with Crippen LogP contribution >= 0.6 is 0 Å². The van der Waals surface area contributed by atoms with E-state index in [0.717, 1.165) is 12.0 Å². The third kappa shape index (κ3) is 2.77. The number of pyridine rings is 1. The fourth-order valence-corrected chi connectivity index (χ4v) is 2.27. The maximum absolute atomic E-state index is 6.32. The van der Waals surface area contributed by atoms with Gasteiger partial charge in [0.2, 0.25) is 0 Å². The molecule has 2 rings (SSSR count). The van der Waals surface area contributed by atoms with Gasteiger partial charge in [0.15, 0.2) is 0 Å². The van der Waals surface area contributed by atoms with E-state index in [4.69, 9.17) is 5.73 Å². The molecule has 1 heterocycles.